The van der Waals surface area contributed by atoms with Crippen LogP contribution in [0.15, 0.2) is 0 Å². The number of thioether (sulfide) groups is 1. The largest absolute Gasteiger partial charge is 0.327 e. The van der Waals surface area contributed by atoms with E-state index in [2.05, 4.69) is 0 Å². The van der Waals surface area contributed by atoms with Crippen LogP contribution >= 0.6 is 11.8 Å². The smallest absolute Gasteiger partial charge is 0.313 e. The van der Waals surface area contributed by atoms with Gasteiger partial charge in [0.2, 0.25) is 0 Å². The van der Waals surface area contributed by atoms with Crippen LogP contribution in [0.3, 0.4) is 0 Å². The molecule has 2 heterocycles. The first kappa shape index (κ1) is 11.8. The number of likely N-dealkylation sites (N-methyl/N-ethyl adjacent to an activating group) is 1. The van der Waals surface area contributed by atoms with E-state index in [1.54, 1.807) is 20.9 Å². The Labute approximate surface area is 100 Å². The number of carbonyl (C=O) groups excluding carboxylic acids is 2. The molecule has 3 amide bonds. The molecular formula is C11H18N2O2S. The molecule has 0 bridgehead atoms. The van der Waals surface area contributed by atoms with Crippen LogP contribution in [0.5, 0.6) is 0 Å². The minimum Gasteiger partial charge on any atom is -0.313 e. The van der Waals surface area contributed by atoms with Gasteiger partial charge >= 0.3 is 6.03 Å². The maximum absolute atomic E-state index is 12.1. The molecule has 2 rings (SSSR count). The average Bonchev–Trinajstić information content (AvgIpc) is 2.79. The molecule has 0 aromatic rings. The summed E-state index contributed by atoms with van der Waals surface area (Å²) in [7, 11) is 1.70. The number of carbonyl (C=O) groups is 2. The summed E-state index contributed by atoms with van der Waals surface area (Å²) in [6, 6.07) is -0.146. The molecule has 1 unspecified atom stereocenters. The van der Waals surface area contributed by atoms with Crippen LogP contribution in [0, 0.1) is 5.92 Å². The second kappa shape index (κ2) is 3.95. The Morgan fingerprint density at radius 3 is 2.56 bits per heavy atom. The average molecular weight is 242 g/mol. The summed E-state index contributed by atoms with van der Waals surface area (Å²) >= 11 is 1.91. The molecule has 16 heavy (non-hydrogen) atoms. The van der Waals surface area contributed by atoms with Crippen molar-refractivity contribution in [2.24, 2.45) is 5.92 Å². The molecule has 4 nitrogen and oxygen atoms in total. The zero-order chi connectivity index (χ0) is 11.9. The van der Waals surface area contributed by atoms with E-state index in [4.69, 9.17) is 0 Å². The van der Waals surface area contributed by atoms with Crippen LogP contribution in [0.2, 0.25) is 0 Å². The first-order valence-electron chi connectivity index (χ1n) is 5.62. The number of imide groups is 1. The van der Waals surface area contributed by atoms with Crippen molar-refractivity contribution in [2.75, 3.05) is 25.1 Å². The van der Waals surface area contributed by atoms with E-state index in [0.29, 0.717) is 12.5 Å². The Balaban J connectivity index is 2.10. The minimum atomic E-state index is -0.678. The highest BCUT2D eigenvalue weighted by Gasteiger charge is 2.49. The first-order chi connectivity index (χ1) is 7.44. The number of nitrogens with zero attached hydrogens (tertiary/aromatic N) is 2. The van der Waals surface area contributed by atoms with Gasteiger partial charge in [-0.15, -0.1) is 0 Å². The van der Waals surface area contributed by atoms with Crippen LogP contribution in [0.1, 0.15) is 20.3 Å². The molecule has 2 saturated heterocycles. The molecule has 0 spiro atoms. The van der Waals surface area contributed by atoms with Crippen LogP contribution in [0.25, 0.3) is 0 Å². The van der Waals surface area contributed by atoms with Gasteiger partial charge in [0.25, 0.3) is 5.91 Å². The lowest BCUT2D eigenvalue weighted by Gasteiger charge is -2.22. The zero-order valence-corrected chi connectivity index (χ0v) is 10.8. The molecule has 0 aromatic carbocycles. The fourth-order valence-corrected chi connectivity index (χ4v) is 3.40. The highest BCUT2D eigenvalue weighted by Crippen LogP contribution is 2.30. The third-order valence-corrected chi connectivity index (χ3v) is 4.82. The van der Waals surface area contributed by atoms with Crippen molar-refractivity contribution in [2.45, 2.75) is 25.8 Å². The van der Waals surface area contributed by atoms with E-state index in [1.165, 1.54) is 9.80 Å². The number of hydrogen-bond donors (Lipinski definition) is 0. The maximum Gasteiger partial charge on any atom is 0.327 e. The Morgan fingerprint density at radius 1 is 1.44 bits per heavy atom. The highest BCUT2D eigenvalue weighted by molar-refractivity contribution is 7.99. The summed E-state index contributed by atoms with van der Waals surface area (Å²) in [5.41, 5.74) is -0.678. The molecule has 90 valence electrons. The summed E-state index contributed by atoms with van der Waals surface area (Å²) in [5, 5.41) is 0. The van der Waals surface area contributed by atoms with Gasteiger partial charge in [0.15, 0.2) is 0 Å². The quantitative estimate of drug-likeness (QED) is 0.687. The molecular weight excluding hydrogens is 224 g/mol. The van der Waals surface area contributed by atoms with Crippen LogP contribution in [-0.4, -0.2) is 52.4 Å². The first-order valence-corrected chi connectivity index (χ1v) is 6.77. The van der Waals surface area contributed by atoms with Crippen LogP contribution < -0.4 is 0 Å². The van der Waals surface area contributed by atoms with E-state index in [1.807, 2.05) is 11.8 Å². The highest BCUT2D eigenvalue weighted by atomic mass is 32.2. The van der Waals surface area contributed by atoms with Crippen molar-refractivity contribution >= 4 is 23.7 Å². The molecule has 2 aliphatic rings. The van der Waals surface area contributed by atoms with E-state index in [-0.39, 0.29) is 11.9 Å². The van der Waals surface area contributed by atoms with Gasteiger partial charge in [-0.1, -0.05) is 0 Å². The van der Waals surface area contributed by atoms with E-state index >= 15 is 0 Å². The van der Waals surface area contributed by atoms with Crippen LogP contribution in [-0.2, 0) is 4.79 Å². The lowest BCUT2D eigenvalue weighted by Crippen LogP contribution is -2.42. The van der Waals surface area contributed by atoms with Gasteiger partial charge < -0.3 is 4.90 Å². The van der Waals surface area contributed by atoms with E-state index < -0.39 is 5.54 Å². The summed E-state index contributed by atoms with van der Waals surface area (Å²) in [6.45, 7) is 4.20. The zero-order valence-electron chi connectivity index (χ0n) is 10.0. The summed E-state index contributed by atoms with van der Waals surface area (Å²) in [6.07, 6.45) is 1.12. The molecule has 0 aliphatic carbocycles. The standard InChI is InChI=1S/C11H18N2O2S/c1-11(2)9(14)13(10(15)12(11)3)6-8-4-5-16-7-8/h8H,4-7H2,1-3H3. The van der Waals surface area contributed by atoms with Crippen LogP contribution in [0.4, 0.5) is 4.79 Å². The molecule has 1 atom stereocenters. The van der Waals surface area contributed by atoms with Crippen molar-refractivity contribution in [1.82, 2.24) is 9.80 Å². The Morgan fingerprint density at radius 2 is 2.12 bits per heavy atom. The molecule has 5 heteroatoms. The summed E-state index contributed by atoms with van der Waals surface area (Å²) < 4.78 is 0. The van der Waals surface area contributed by atoms with Gasteiger partial charge in [-0.05, 0) is 37.7 Å². The SMILES string of the molecule is CN1C(=O)N(CC2CCSC2)C(=O)C1(C)C. The Bertz CT molecular complexity index is 324. The van der Waals surface area contributed by atoms with Gasteiger partial charge in [0.05, 0.1) is 0 Å². The topological polar surface area (TPSA) is 40.6 Å². The van der Waals surface area contributed by atoms with Crippen molar-refractivity contribution < 1.29 is 9.59 Å². The monoisotopic (exact) mass is 242 g/mol. The molecule has 0 aromatic heterocycles. The lowest BCUT2D eigenvalue weighted by atomic mass is 10.0. The summed E-state index contributed by atoms with van der Waals surface area (Å²) in [4.78, 5) is 27.0. The van der Waals surface area contributed by atoms with Crippen molar-refractivity contribution in [3.8, 4) is 0 Å². The number of urea groups is 1. The number of rotatable bonds is 2. The van der Waals surface area contributed by atoms with Crippen molar-refractivity contribution in [3.63, 3.8) is 0 Å². The van der Waals surface area contributed by atoms with Crippen molar-refractivity contribution in [3.05, 3.63) is 0 Å². The molecule has 2 aliphatic heterocycles. The van der Waals surface area contributed by atoms with Crippen molar-refractivity contribution in [1.29, 1.82) is 0 Å². The fraction of sp³-hybridized carbons (Fsp3) is 0.818. The second-order valence-electron chi connectivity index (χ2n) is 5.05. The van der Waals surface area contributed by atoms with Gasteiger partial charge in [-0.3, -0.25) is 9.69 Å². The third-order valence-electron chi connectivity index (χ3n) is 3.59. The minimum absolute atomic E-state index is 0.0584. The molecule has 0 saturated carbocycles. The van der Waals surface area contributed by atoms with Gasteiger partial charge in [0.1, 0.15) is 5.54 Å². The third kappa shape index (κ3) is 1.71. The van der Waals surface area contributed by atoms with Gasteiger partial charge in [-0.25, -0.2) is 4.79 Å². The van der Waals surface area contributed by atoms with Gasteiger partial charge in [0, 0.05) is 13.6 Å². The second-order valence-corrected chi connectivity index (χ2v) is 6.20. The van der Waals surface area contributed by atoms with E-state index in [0.717, 1.165) is 17.9 Å². The lowest BCUT2D eigenvalue weighted by molar-refractivity contribution is -0.131. The molecule has 0 N–H and O–H groups in total. The number of hydrogen-bond acceptors (Lipinski definition) is 3. The fourth-order valence-electron chi connectivity index (χ4n) is 2.13. The van der Waals surface area contributed by atoms with Gasteiger partial charge in [-0.2, -0.15) is 11.8 Å². The predicted molar refractivity (Wildman–Crippen MR) is 64.4 cm³/mol. The summed E-state index contributed by atoms with van der Waals surface area (Å²) in [5.74, 6) is 2.65. The predicted octanol–water partition coefficient (Wildman–Crippen LogP) is 1.41. The normalized spacial score (nSPS) is 29.3. The molecule has 0 radical (unpaired) electrons. The Hall–Kier alpha value is -0.710. The maximum atomic E-state index is 12.1. The Kier molecular flexibility index (Phi) is 2.90. The van der Waals surface area contributed by atoms with E-state index in [9.17, 15) is 9.59 Å². The molecule has 2 fully saturated rings. The number of amides is 3.